The van der Waals surface area contributed by atoms with Gasteiger partial charge in [-0.05, 0) is 24.6 Å². The Kier molecular flexibility index (Phi) is 2.39. The predicted molar refractivity (Wildman–Crippen MR) is 59.7 cm³/mol. The lowest BCUT2D eigenvalue weighted by molar-refractivity contribution is 0.822. The van der Waals surface area contributed by atoms with Gasteiger partial charge in [-0.25, -0.2) is 0 Å². The first-order valence-corrected chi connectivity index (χ1v) is 5.57. The average molecular weight is 204 g/mol. The summed E-state index contributed by atoms with van der Waals surface area (Å²) in [5.74, 6) is 0.864. The van der Waals surface area contributed by atoms with E-state index in [-0.39, 0.29) is 6.04 Å². The Labute approximate surface area is 88.5 Å². The van der Waals surface area contributed by atoms with E-state index in [1.165, 1.54) is 16.1 Å². The van der Waals surface area contributed by atoms with Crippen molar-refractivity contribution in [3.05, 3.63) is 23.8 Å². The van der Waals surface area contributed by atoms with Crippen LogP contribution in [0.25, 0.3) is 0 Å². The standard InChI is InChI=1S/C11H12N2S/c1-8-3-4-11-10(5-8)13(2)9(6-12)7-14-11/h3-5,9H,7H2,1-2H3. The fourth-order valence-corrected chi connectivity index (χ4v) is 2.75. The van der Waals surface area contributed by atoms with Crippen molar-refractivity contribution in [2.75, 3.05) is 17.7 Å². The normalized spacial score (nSPS) is 20.1. The first-order chi connectivity index (χ1) is 6.72. The van der Waals surface area contributed by atoms with Crippen LogP contribution in [0.2, 0.25) is 0 Å². The van der Waals surface area contributed by atoms with Crippen LogP contribution >= 0.6 is 11.8 Å². The number of fused-ring (bicyclic) bond motifs is 1. The van der Waals surface area contributed by atoms with E-state index in [2.05, 4.69) is 36.1 Å². The third-order valence-electron chi connectivity index (χ3n) is 2.51. The predicted octanol–water partition coefficient (Wildman–Crippen LogP) is 2.43. The van der Waals surface area contributed by atoms with Crippen LogP contribution in [0.5, 0.6) is 0 Å². The molecule has 1 heterocycles. The first-order valence-electron chi connectivity index (χ1n) is 4.58. The number of nitriles is 1. The maximum absolute atomic E-state index is 8.95. The Morgan fingerprint density at radius 2 is 2.36 bits per heavy atom. The molecule has 3 heteroatoms. The Morgan fingerprint density at radius 1 is 1.57 bits per heavy atom. The molecule has 0 amide bonds. The molecule has 0 fully saturated rings. The van der Waals surface area contributed by atoms with Crippen LogP contribution in [-0.4, -0.2) is 18.8 Å². The summed E-state index contributed by atoms with van der Waals surface area (Å²) in [5, 5.41) is 8.95. The molecule has 1 aromatic carbocycles. The topological polar surface area (TPSA) is 27.0 Å². The van der Waals surface area contributed by atoms with Gasteiger partial charge in [0.05, 0.1) is 11.8 Å². The molecule has 2 nitrogen and oxygen atoms in total. The van der Waals surface area contributed by atoms with Crippen molar-refractivity contribution < 1.29 is 0 Å². The molecule has 0 aliphatic carbocycles. The van der Waals surface area contributed by atoms with Crippen molar-refractivity contribution in [3.8, 4) is 6.07 Å². The van der Waals surface area contributed by atoms with Crippen LogP contribution in [0.1, 0.15) is 5.56 Å². The van der Waals surface area contributed by atoms with E-state index < -0.39 is 0 Å². The Bertz CT molecular complexity index is 395. The van der Waals surface area contributed by atoms with E-state index in [0.717, 1.165) is 5.75 Å². The molecule has 0 N–H and O–H groups in total. The zero-order valence-corrected chi connectivity index (χ0v) is 9.14. The molecule has 0 spiro atoms. The average Bonchev–Trinajstić information content (AvgIpc) is 2.20. The highest BCUT2D eigenvalue weighted by Gasteiger charge is 2.23. The molecule has 0 aromatic heterocycles. The van der Waals surface area contributed by atoms with Crippen molar-refractivity contribution >= 4 is 17.4 Å². The Morgan fingerprint density at radius 3 is 3.07 bits per heavy atom. The van der Waals surface area contributed by atoms with Crippen LogP contribution in [0.4, 0.5) is 5.69 Å². The lowest BCUT2D eigenvalue weighted by Gasteiger charge is -2.31. The van der Waals surface area contributed by atoms with Gasteiger partial charge in [0.25, 0.3) is 0 Å². The number of rotatable bonds is 0. The Hall–Kier alpha value is -1.14. The van der Waals surface area contributed by atoms with E-state index in [1.807, 2.05) is 7.05 Å². The lowest BCUT2D eigenvalue weighted by atomic mass is 10.2. The molecule has 14 heavy (non-hydrogen) atoms. The zero-order valence-electron chi connectivity index (χ0n) is 8.32. The second-order valence-corrected chi connectivity index (χ2v) is 4.60. The molecule has 1 aliphatic heterocycles. The molecule has 0 saturated heterocycles. The molecule has 1 atom stereocenters. The summed E-state index contributed by atoms with van der Waals surface area (Å²) >= 11 is 1.77. The highest BCUT2D eigenvalue weighted by molar-refractivity contribution is 7.99. The van der Waals surface area contributed by atoms with Gasteiger partial charge in [0, 0.05) is 17.7 Å². The van der Waals surface area contributed by atoms with Gasteiger partial charge in [0.1, 0.15) is 6.04 Å². The smallest absolute Gasteiger partial charge is 0.126 e. The first kappa shape index (κ1) is 9.42. The van der Waals surface area contributed by atoms with Gasteiger partial charge < -0.3 is 4.90 Å². The van der Waals surface area contributed by atoms with Crippen LogP contribution in [-0.2, 0) is 0 Å². The minimum Gasteiger partial charge on any atom is -0.357 e. The number of thioether (sulfide) groups is 1. The molecule has 72 valence electrons. The molecule has 0 saturated carbocycles. The third-order valence-corrected chi connectivity index (χ3v) is 3.65. The Balaban J connectivity index is 2.44. The maximum Gasteiger partial charge on any atom is 0.126 e. The SMILES string of the molecule is Cc1ccc2c(c1)N(C)C(C#N)CS2. The summed E-state index contributed by atoms with van der Waals surface area (Å²) in [4.78, 5) is 3.35. The maximum atomic E-state index is 8.95. The number of hydrogen-bond donors (Lipinski definition) is 0. The van der Waals surface area contributed by atoms with Crippen LogP contribution in [0.15, 0.2) is 23.1 Å². The van der Waals surface area contributed by atoms with E-state index in [9.17, 15) is 0 Å². The molecular weight excluding hydrogens is 192 g/mol. The van der Waals surface area contributed by atoms with E-state index in [1.54, 1.807) is 11.8 Å². The minimum absolute atomic E-state index is 0.00861. The van der Waals surface area contributed by atoms with Crippen molar-refractivity contribution in [2.24, 2.45) is 0 Å². The number of hydrogen-bond acceptors (Lipinski definition) is 3. The van der Waals surface area contributed by atoms with Crippen molar-refractivity contribution in [1.29, 1.82) is 5.26 Å². The number of nitrogens with zero attached hydrogens (tertiary/aromatic N) is 2. The van der Waals surface area contributed by atoms with Crippen LogP contribution in [0.3, 0.4) is 0 Å². The van der Waals surface area contributed by atoms with Crippen LogP contribution in [0, 0.1) is 18.3 Å². The zero-order chi connectivity index (χ0) is 10.1. The van der Waals surface area contributed by atoms with E-state index >= 15 is 0 Å². The highest BCUT2D eigenvalue weighted by Crippen LogP contribution is 2.36. The summed E-state index contributed by atoms with van der Waals surface area (Å²) < 4.78 is 0. The summed E-state index contributed by atoms with van der Waals surface area (Å²) in [7, 11) is 1.99. The number of aryl methyl sites for hydroxylation is 1. The molecule has 1 unspecified atom stereocenters. The lowest BCUT2D eigenvalue weighted by Crippen LogP contribution is -2.35. The summed E-state index contributed by atoms with van der Waals surface area (Å²) in [5.41, 5.74) is 2.43. The number of anilines is 1. The third kappa shape index (κ3) is 1.46. The molecule has 2 rings (SSSR count). The highest BCUT2D eigenvalue weighted by atomic mass is 32.2. The van der Waals surface area contributed by atoms with Crippen molar-refractivity contribution in [1.82, 2.24) is 0 Å². The van der Waals surface area contributed by atoms with Gasteiger partial charge in [0.15, 0.2) is 0 Å². The van der Waals surface area contributed by atoms with Gasteiger partial charge in [-0.15, -0.1) is 11.8 Å². The van der Waals surface area contributed by atoms with Gasteiger partial charge in [0.2, 0.25) is 0 Å². The van der Waals surface area contributed by atoms with Crippen molar-refractivity contribution in [2.45, 2.75) is 17.9 Å². The fraction of sp³-hybridized carbons (Fsp3) is 0.364. The largest absolute Gasteiger partial charge is 0.357 e. The monoisotopic (exact) mass is 204 g/mol. The molecule has 1 aromatic rings. The van der Waals surface area contributed by atoms with Gasteiger partial charge in [-0.2, -0.15) is 5.26 Å². The quantitative estimate of drug-likeness (QED) is 0.649. The molecular formula is C11H12N2S. The number of benzene rings is 1. The van der Waals surface area contributed by atoms with Crippen molar-refractivity contribution in [3.63, 3.8) is 0 Å². The van der Waals surface area contributed by atoms with E-state index in [0.29, 0.717) is 0 Å². The molecule has 0 bridgehead atoms. The molecule has 0 radical (unpaired) electrons. The van der Waals surface area contributed by atoms with Gasteiger partial charge in [-0.3, -0.25) is 0 Å². The fourth-order valence-electron chi connectivity index (χ4n) is 1.60. The summed E-state index contributed by atoms with van der Waals surface area (Å²) in [6.45, 7) is 2.08. The second kappa shape index (κ2) is 3.55. The van der Waals surface area contributed by atoms with E-state index in [4.69, 9.17) is 5.26 Å². The minimum atomic E-state index is 0.00861. The molecule has 1 aliphatic rings. The van der Waals surface area contributed by atoms with Gasteiger partial charge in [-0.1, -0.05) is 6.07 Å². The summed E-state index contributed by atoms with van der Waals surface area (Å²) in [6.07, 6.45) is 0. The van der Waals surface area contributed by atoms with Gasteiger partial charge >= 0.3 is 0 Å². The summed E-state index contributed by atoms with van der Waals surface area (Å²) in [6, 6.07) is 8.73. The van der Waals surface area contributed by atoms with Crippen LogP contribution < -0.4 is 4.90 Å². The second-order valence-electron chi connectivity index (χ2n) is 3.54.